The maximum atomic E-state index is 13.2. The van der Waals surface area contributed by atoms with Gasteiger partial charge in [0, 0.05) is 24.3 Å². The number of amides is 1. The van der Waals surface area contributed by atoms with Crippen molar-refractivity contribution in [1.29, 1.82) is 0 Å². The predicted octanol–water partition coefficient (Wildman–Crippen LogP) is 3.50. The molecule has 2 aromatic carbocycles. The maximum absolute atomic E-state index is 13.2. The highest BCUT2D eigenvalue weighted by molar-refractivity contribution is 5.95. The molecule has 0 saturated carbocycles. The van der Waals surface area contributed by atoms with Crippen molar-refractivity contribution < 1.29 is 9.18 Å². The smallest absolute Gasteiger partial charge is 0.253 e. The Morgan fingerprint density at radius 1 is 1.14 bits per heavy atom. The Balaban J connectivity index is 2.07. The minimum Gasteiger partial charge on any atom is -0.399 e. The number of nitrogens with zero attached hydrogens (tertiary/aromatic N) is 1. The average molecular weight is 300 g/mol. The standard InChI is InChI=1S/C18H21FN2O/c1-2-10-21(11-9-14-5-3-7-16(19)12-14)18(22)15-6-4-8-17(20)13-15/h3-8,12-13H,2,9-11,20H2,1H3. The molecule has 0 spiro atoms. The number of benzene rings is 2. The van der Waals surface area contributed by atoms with Crippen molar-refractivity contribution in [3.63, 3.8) is 0 Å². The number of halogens is 1. The van der Waals surface area contributed by atoms with Gasteiger partial charge >= 0.3 is 0 Å². The van der Waals surface area contributed by atoms with Gasteiger partial charge < -0.3 is 10.6 Å². The first-order chi connectivity index (χ1) is 10.6. The Bertz CT molecular complexity index is 642. The highest BCUT2D eigenvalue weighted by Gasteiger charge is 2.15. The van der Waals surface area contributed by atoms with E-state index in [1.54, 1.807) is 35.2 Å². The lowest BCUT2D eigenvalue weighted by molar-refractivity contribution is 0.0757. The first-order valence-corrected chi connectivity index (χ1v) is 7.49. The zero-order valence-corrected chi connectivity index (χ0v) is 12.8. The number of nitrogen functional groups attached to an aromatic ring is 1. The molecule has 2 rings (SSSR count). The molecule has 4 heteroatoms. The van der Waals surface area contributed by atoms with Crippen LogP contribution >= 0.6 is 0 Å². The van der Waals surface area contributed by atoms with Crippen molar-refractivity contribution in [1.82, 2.24) is 4.90 Å². The normalized spacial score (nSPS) is 10.5. The van der Waals surface area contributed by atoms with E-state index in [0.29, 0.717) is 30.8 Å². The molecule has 0 heterocycles. The van der Waals surface area contributed by atoms with E-state index < -0.39 is 0 Å². The van der Waals surface area contributed by atoms with Crippen molar-refractivity contribution in [2.45, 2.75) is 19.8 Å². The minimum atomic E-state index is -0.248. The topological polar surface area (TPSA) is 46.3 Å². The first-order valence-electron chi connectivity index (χ1n) is 7.49. The molecule has 2 N–H and O–H groups in total. The minimum absolute atomic E-state index is 0.0365. The van der Waals surface area contributed by atoms with Gasteiger partial charge in [0.15, 0.2) is 0 Å². The van der Waals surface area contributed by atoms with E-state index in [4.69, 9.17) is 5.73 Å². The fraction of sp³-hybridized carbons (Fsp3) is 0.278. The van der Waals surface area contributed by atoms with Crippen LogP contribution in [0.25, 0.3) is 0 Å². The van der Waals surface area contributed by atoms with Crippen molar-refractivity contribution in [2.24, 2.45) is 0 Å². The third kappa shape index (κ3) is 4.32. The molecule has 116 valence electrons. The van der Waals surface area contributed by atoms with Crippen LogP contribution in [-0.2, 0) is 6.42 Å². The van der Waals surface area contributed by atoms with Gasteiger partial charge in [0.2, 0.25) is 0 Å². The van der Waals surface area contributed by atoms with E-state index in [1.165, 1.54) is 12.1 Å². The third-order valence-corrected chi connectivity index (χ3v) is 3.47. The SMILES string of the molecule is CCCN(CCc1cccc(F)c1)C(=O)c1cccc(N)c1. The highest BCUT2D eigenvalue weighted by atomic mass is 19.1. The Morgan fingerprint density at radius 2 is 1.91 bits per heavy atom. The van der Waals surface area contributed by atoms with Crippen LogP contribution in [0.5, 0.6) is 0 Å². The summed E-state index contributed by atoms with van der Waals surface area (Å²) < 4.78 is 13.2. The molecule has 0 unspecified atom stereocenters. The Labute approximate surface area is 130 Å². The van der Waals surface area contributed by atoms with Crippen LogP contribution in [0.15, 0.2) is 48.5 Å². The summed E-state index contributed by atoms with van der Waals surface area (Å²) in [7, 11) is 0. The molecule has 22 heavy (non-hydrogen) atoms. The fourth-order valence-electron chi connectivity index (χ4n) is 2.40. The van der Waals surface area contributed by atoms with Crippen LogP contribution in [0.3, 0.4) is 0 Å². The first kappa shape index (κ1) is 16.0. The highest BCUT2D eigenvalue weighted by Crippen LogP contribution is 2.12. The van der Waals surface area contributed by atoms with Gasteiger partial charge in [0.25, 0.3) is 5.91 Å². The van der Waals surface area contributed by atoms with Crippen molar-refractivity contribution >= 4 is 11.6 Å². The second-order valence-corrected chi connectivity index (χ2v) is 5.30. The molecular weight excluding hydrogens is 279 g/mol. The van der Waals surface area contributed by atoms with Gasteiger partial charge in [0.05, 0.1) is 0 Å². The number of carbonyl (C=O) groups is 1. The van der Waals surface area contributed by atoms with Crippen molar-refractivity contribution in [2.75, 3.05) is 18.8 Å². The van der Waals surface area contributed by atoms with Crippen LogP contribution in [0.2, 0.25) is 0 Å². The lowest BCUT2D eigenvalue weighted by Gasteiger charge is -2.22. The molecule has 1 amide bonds. The summed E-state index contributed by atoms with van der Waals surface area (Å²) in [6, 6.07) is 13.5. The lowest BCUT2D eigenvalue weighted by Crippen LogP contribution is -2.33. The third-order valence-electron chi connectivity index (χ3n) is 3.47. The molecule has 0 fully saturated rings. The van der Waals surface area contributed by atoms with Gasteiger partial charge in [-0.3, -0.25) is 4.79 Å². The summed E-state index contributed by atoms with van der Waals surface area (Å²) in [6.07, 6.45) is 1.50. The predicted molar refractivity (Wildman–Crippen MR) is 87.2 cm³/mol. The van der Waals surface area contributed by atoms with Gasteiger partial charge in [-0.2, -0.15) is 0 Å². The van der Waals surface area contributed by atoms with Crippen LogP contribution in [0.1, 0.15) is 29.3 Å². The molecule has 2 aromatic rings. The van der Waals surface area contributed by atoms with Gasteiger partial charge in [-0.15, -0.1) is 0 Å². The fourth-order valence-corrected chi connectivity index (χ4v) is 2.40. The van der Waals surface area contributed by atoms with Crippen LogP contribution < -0.4 is 5.73 Å². The average Bonchev–Trinajstić information content (AvgIpc) is 2.51. The molecule has 0 saturated heterocycles. The summed E-state index contributed by atoms with van der Waals surface area (Å²) in [6.45, 7) is 3.26. The van der Waals surface area contributed by atoms with E-state index in [2.05, 4.69) is 0 Å². The number of rotatable bonds is 6. The summed E-state index contributed by atoms with van der Waals surface area (Å²) >= 11 is 0. The molecule has 0 aliphatic carbocycles. The van der Waals surface area contributed by atoms with Gasteiger partial charge in [0.1, 0.15) is 5.82 Å². The van der Waals surface area contributed by atoms with E-state index in [0.717, 1.165) is 12.0 Å². The summed E-state index contributed by atoms with van der Waals surface area (Å²) in [5.74, 6) is -0.285. The largest absolute Gasteiger partial charge is 0.399 e. The van der Waals surface area contributed by atoms with Crippen molar-refractivity contribution in [3.8, 4) is 0 Å². The van der Waals surface area contributed by atoms with E-state index in [1.807, 2.05) is 13.0 Å². The van der Waals surface area contributed by atoms with Crippen molar-refractivity contribution in [3.05, 3.63) is 65.5 Å². The molecule has 0 aliphatic rings. The maximum Gasteiger partial charge on any atom is 0.253 e. The van der Waals surface area contributed by atoms with E-state index >= 15 is 0 Å². The van der Waals surface area contributed by atoms with Crippen LogP contribution in [0.4, 0.5) is 10.1 Å². The molecular formula is C18H21FN2O. The zero-order chi connectivity index (χ0) is 15.9. The number of hydrogen-bond acceptors (Lipinski definition) is 2. The molecule has 0 bridgehead atoms. The number of hydrogen-bond donors (Lipinski definition) is 1. The van der Waals surface area contributed by atoms with Crippen LogP contribution in [-0.4, -0.2) is 23.9 Å². The summed E-state index contributed by atoms with van der Waals surface area (Å²) in [5, 5.41) is 0. The number of anilines is 1. The number of nitrogens with two attached hydrogens (primary N) is 1. The lowest BCUT2D eigenvalue weighted by atomic mass is 10.1. The summed E-state index contributed by atoms with van der Waals surface area (Å²) in [4.78, 5) is 14.4. The summed E-state index contributed by atoms with van der Waals surface area (Å²) in [5.41, 5.74) is 7.80. The zero-order valence-electron chi connectivity index (χ0n) is 12.8. The van der Waals surface area contributed by atoms with E-state index in [9.17, 15) is 9.18 Å². The van der Waals surface area contributed by atoms with Gasteiger partial charge in [-0.05, 0) is 48.7 Å². The molecule has 3 nitrogen and oxygen atoms in total. The number of carbonyl (C=O) groups excluding carboxylic acids is 1. The second-order valence-electron chi connectivity index (χ2n) is 5.30. The van der Waals surface area contributed by atoms with Gasteiger partial charge in [-0.25, -0.2) is 4.39 Å². The Morgan fingerprint density at radius 3 is 2.59 bits per heavy atom. The molecule has 0 radical (unpaired) electrons. The van der Waals surface area contributed by atoms with E-state index in [-0.39, 0.29) is 11.7 Å². The van der Waals surface area contributed by atoms with Crippen LogP contribution in [0, 0.1) is 5.82 Å². The molecule has 0 atom stereocenters. The van der Waals surface area contributed by atoms with Gasteiger partial charge in [-0.1, -0.05) is 25.1 Å². The quantitative estimate of drug-likeness (QED) is 0.830. The second kappa shape index (κ2) is 7.59. The Hall–Kier alpha value is -2.36. The molecule has 0 aliphatic heterocycles. The monoisotopic (exact) mass is 300 g/mol. The molecule has 0 aromatic heterocycles. The Kier molecular flexibility index (Phi) is 5.53.